The zero-order valence-corrected chi connectivity index (χ0v) is 11.7. The van der Waals surface area contributed by atoms with E-state index in [4.69, 9.17) is 16.3 Å². The molecule has 0 bridgehead atoms. The molecule has 0 saturated heterocycles. The molecule has 8 heteroatoms. The van der Waals surface area contributed by atoms with Crippen LogP contribution in [0.1, 0.15) is 5.56 Å². The highest BCUT2D eigenvalue weighted by Crippen LogP contribution is 2.35. The number of methoxy groups -OCH3 is 1. The second-order valence-electron chi connectivity index (χ2n) is 3.50. The number of rotatable bonds is 5. The fourth-order valence-electron chi connectivity index (χ4n) is 1.29. The molecule has 1 rings (SSSR count). The third-order valence-corrected chi connectivity index (χ3v) is 2.86. The molecule has 102 valence electrons. The molecule has 0 spiro atoms. The highest BCUT2D eigenvalue weighted by molar-refractivity contribution is 9.10. The van der Waals surface area contributed by atoms with Crippen molar-refractivity contribution in [1.29, 1.82) is 0 Å². The second kappa shape index (κ2) is 6.58. The number of anilines is 1. The molecule has 1 unspecified atom stereocenters. The third-order valence-electron chi connectivity index (χ3n) is 2.05. The maximum Gasteiger partial charge on any atom is 0.419 e. The molecule has 1 N–H and O–H groups in total. The highest BCUT2D eigenvalue weighted by Gasteiger charge is 2.35. The molecule has 1 atom stereocenters. The number of alkyl halides is 4. The van der Waals surface area contributed by atoms with E-state index in [1.165, 1.54) is 13.3 Å². The van der Waals surface area contributed by atoms with Crippen molar-refractivity contribution in [1.82, 2.24) is 4.98 Å². The smallest absolute Gasteiger partial charge is 0.383 e. The first-order valence-corrected chi connectivity index (χ1v) is 6.25. The molecular weight excluding hydrogens is 336 g/mol. The van der Waals surface area contributed by atoms with Crippen LogP contribution in [0.15, 0.2) is 16.7 Å². The summed E-state index contributed by atoms with van der Waals surface area (Å²) in [6.45, 7) is 0.193. The number of hydrogen-bond donors (Lipinski definition) is 1. The maximum absolute atomic E-state index is 12.8. The van der Waals surface area contributed by atoms with Crippen molar-refractivity contribution in [2.24, 2.45) is 0 Å². The zero-order chi connectivity index (χ0) is 13.8. The minimum atomic E-state index is -4.48. The Hall–Kier alpha value is -0.530. The zero-order valence-electron chi connectivity index (χ0n) is 9.39. The molecule has 0 fully saturated rings. The topological polar surface area (TPSA) is 34.1 Å². The van der Waals surface area contributed by atoms with Crippen LogP contribution in [0.2, 0.25) is 0 Å². The van der Waals surface area contributed by atoms with Crippen molar-refractivity contribution in [3.05, 3.63) is 22.3 Å². The summed E-state index contributed by atoms with van der Waals surface area (Å²) in [4.78, 5) is 3.72. The molecule has 1 aromatic rings. The van der Waals surface area contributed by atoms with Gasteiger partial charge in [0.1, 0.15) is 5.82 Å². The van der Waals surface area contributed by atoms with Gasteiger partial charge < -0.3 is 10.1 Å². The predicted octanol–water partition coefficient (Wildman–Crippen LogP) is 3.53. The summed E-state index contributed by atoms with van der Waals surface area (Å²) in [6.07, 6.45) is -3.20. The Morgan fingerprint density at radius 1 is 1.56 bits per heavy atom. The van der Waals surface area contributed by atoms with Gasteiger partial charge in [-0.05, 0) is 22.0 Å². The lowest BCUT2D eigenvalue weighted by Crippen LogP contribution is -2.28. The number of nitrogens with zero attached hydrogens (tertiary/aromatic N) is 1. The van der Waals surface area contributed by atoms with Gasteiger partial charge in [0.2, 0.25) is 0 Å². The molecule has 0 aromatic carbocycles. The molecule has 1 aromatic heterocycles. The van der Waals surface area contributed by atoms with E-state index >= 15 is 0 Å². The lowest BCUT2D eigenvalue weighted by molar-refractivity contribution is -0.137. The average molecular weight is 348 g/mol. The maximum atomic E-state index is 12.8. The van der Waals surface area contributed by atoms with Gasteiger partial charge >= 0.3 is 6.18 Å². The Bertz CT molecular complexity index is 403. The Labute approximate surface area is 116 Å². The van der Waals surface area contributed by atoms with Gasteiger partial charge in [0.25, 0.3) is 0 Å². The third kappa shape index (κ3) is 4.29. The fraction of sp³-hybridized carbons (Fsp3) is 0.500. The van der Waals surface area contributed by atoms with Crippen molar-refractivity contribution < 1.29 is 17.9 Å². The van der Waals surface area contributed by atoms with E-state index in [-0.39, 0.29) is 22.8 Å². The number of aromatic nitrogens is 1. The normalized spacial score (nSPS) is 13.4. The first-order valence-electron chi connectivity index (χ1n) is 4.92. The lowest BCUT2D eigenvalue weighted by atomic mass is 10.2. The Morgan fingerprint density at radius 3 is 2.72 bits per heavy atom. The van der Waals surface area contributed by atoms with E-state index in [9.17, 15) is 13.2 Å². The van der Waals surface area contributed by atoms with Crippen molar-refractivity contribution in [2.75, 3.05) is 24.9 Å². The van der Waals surface area contributed by atoms with Crippen LogP contribution in [0.4, 0.5) is 19.0 Å². The molecule has 18 heavy (non-hydrogen) atoms. The predicted molar refractivity (Wildman–Crippen MR) is 66.9 cm³/mol. The van der Waals surface area contributed by atoms with Crippen LogP contribution < -0.4 is 5.32 Å². The number of pyridine rings is 1. The summed E-state index contributed by atoms with van der Waals surface area (Å²) < 4.78 is 43.5. The number of nitrogens with one attached hydrogen (secondary N) is 1. The largest absolute Gasteiger partial charge is 0.419 e. The number of hydrogen-bond acceptors (Lipinski definition) is 3. The molecule has 0 radical (unpaired) electrons. The monoisotopic (exact) mass is 346 g/mol. The van der Waals surface area contributed by atoms with Crippen LogP contribution >= 0.6 is 27.5 Å². The van der Waals surface area contributed by atoms with Gasteiger partial charge in [-0.3, -0.25) is 0 Å². The summed E-state index contributed by atoms with van der Waals surface area (Å²) in [6, 6.07) is 0.527. The summed E-state index contributed by atoms with van der Waals surface area (Å²) in [7, 11) is 1.45. The van der Waals surface area contributed by atoms with Crippen molar-refractivity contribution >= 4 is 33.3 Å². The summed E-state index contributed by atoms with van der Waals surface area (Å²) in [5.74, 6) is -0.142. The first kappa shape index (κ1) is 15.5. The van der Waals surface area contributed by atoms with Gasteiger partial charge in [0.05, 0.1) is 18.2 Å². The molecule has 0 aliphatic carbocycles. The fourth-order valence-corrected chi connectivity index (χ4v) is 1.79. The van der Waals surface area contributed by atoms with Crippen LogP contribution in [-0.2, 0) is 10.9 Å². The Kier molecular flexibility index (Phi) is 5.68. The van der Waals surface area contributed by atoms with E-state index in [0.29, 0.717) is 0 Å². The SMILES string of the molecule is COCC(CCl)Nc1ncc(Br)cc1C(F)(F)F. The van der Waals surface area contributed by atoms with E-state index in [0.717, 1.165) is 6.07 Å². The van der Waals surface area contributed by atoms with Crippen LogP contribution in [0.3, 0.4) is 0 Å². The van der Waals surface area contributed by atoms with Gasteiger partial charge in [0.15, 0.2) is 0 Å². The van der Waals surface area contributed by atoms with Crippen molar-refractivity contribution in [3.63, 3.8) is 0 Å². The van der Waals surface area contributed by atoms with E-state index in [1.54, 1.807) is 0 Å². The standard InChI is InChI=1S/C10H11BrClF3N2O/c1-18-5-7(3-12)17-9-8(10(13,14)15)2-6(11)4-16-9/h2,4,7H,3,5H2,1H3,(H,16,17). The molecular formula is C10H11BrClF3N2O. The quantitative estimate of drug-likeness (QED) is 0.828. The summed E-state index contributed by atoms with van der Waals surface area (Å²) in [5, 5.41) is 2.62. The van der Waals surface area contributed by atoms with Gasteiger partial charge in [-0.1, -0.05) is 0 Å². The van der Waals surface area contributed by atoms with Crippen LogP contribution in [-0.4, -0.2) is 30.6 Å². The first-order chi connectivity index (χ1) is 8.38. The minimum absolute atomic E-state index is 0.114. The van der Waals surface area contributed by atoms with Crippen molar-refractivity contribution in [3.8, 4) is 0 Å². The van der Waals surface area contributed by atoms with Crippen molar-refractivity contribution in [2.45, 2.75) is 12.2 Å². The van der Waals surface area contributed by atoms with Gasteiger partial charge in [-0.25, -0.2) is 4.98 Å². The molecule has 0 aliphatic rings. The second-order valence-corrected chi connectivity index (χ2v) is 4.72. The molecule has 0 amide bonds. The lowest BCUT2D eigenvalue weighted by Gasteiger charge is -2.19. The Morgan fingerprint density at radius 2 is 2.22 bits per heavy atom. The van der Waals surface area contributed by atoms with Gasteiger partial charge in [0, 0.05) is 23.7 Å². The van der Waals surface area contributed by atoms with E-state index < -0.39 is 17.8 Å². The molecule has 0 aliphatic heterocycles. The number of ether oxygens (including phenoxy) is 1. The molecule has 3 nitrogen and oxygen atoms in total. The average Bonchev–Trinajstić information content (AvgIpc) is 2.29. The van der Waals surface area contributed by atoms with E-state index in [2.05, 4.69) is 26.2 Å². The van der Waals surface area contributed by atoms with Crippen LogP contribution in [0.25, 0.3) is 0 Å². The summed E-state index contributed by atoms with van der Waals surface area (Å²) in [5.41, 5.74) is -0.844. The van der Waals surface area contributed by atoms with E-state index in [1.807, 2.05) is 0 Å². The Balaban J connectivity index is 3.01. The highest BCUT2D eigenvalue weighted by atomic mass is 79.9. The van der Waals surface area contributed by atoms with Gasteiger partial charge in [-0.15, -0.1) is 11.6 Å². The van der Waals surface area contributed by atoms with Crippen LogP contribution in [0, 0.1) is 0 Å². The van der Waals surface area contributed by atoms with Crippen LogP contribution in [0.5, 0.6) is 0 Å². The molecule has 1 heterocycles. The molecule has 0 saturated carbocycles. The summed E-state index contributed by atoms with van der Waals surface area (Å²) >= 11 is 8.60. The van der Waals surface area contributed by atoms with Gasteiger partial charge in [-0.2, -0.15) is 13.2 Å². The minimum Gasteiger partial charge on any atom is -0.383 e. The number of halogens is 5.